The van der Waals surface area contributed by atoms with Gasteiger partial charge in [-0.3, -0.25) is 4.79 Å². The van der Waals surface area contributed by atoms with E-state index in [1.54, 1.807) is 0 Å². The van der Waals surface area contributed by atoms with Gasteiger partial charge < -0.3 is 15.7 Å². The second-order valence-corrected chi connectivity index (χ2v) is 7.52. The third kappa shape index (κ3) is 3.89. The van der Waals surface area contributed by atoms with Crippen LogP contribution in [0.2, 0.25) is 0 Å². The summed E-state index contributed by atoms with van der Waals surface area (Å²) < 4.78 is 3.95. The van der Waals surface area contributed by atoms with Crippen LogP contribution in [0.5, 0.6) is 0 Å². The van der Waals surface area contributed by atoms with Crippen LogP contribution in [0, 0.1) is 11.8 Å². The van der Waals surface area contributed by atoms with Gasteiger partial charge in [-0.1, -0.05) is 17.8 Å². The standard InChI is InChI=1S/C16H26N4O2S/c1-2-3-13-15(23-20-19-13)16(22)18-14(11-8-12(21)9-11)10-4-6-17-7-5-10/h10-12,14,17,21H,2-9H2,1H3,(H,18,22). The van der Waals surface area contributed by atoms with Crippen LogP contribution in [0.4, 0.5) is 0 Å². The van der Waals surface area contributed by atoms with Crippen molar-refractivity contribution in [3.05, 3.63) is 10.6 Å². The molecule has 2 heterocycles. The fourth-order valence-electron chi connectivity index (χ4n) is 3.75. The first-order chi connectivity index (χ1) is 11.2. The third-order valence-corrected chi connectivity index (χ3v) is 5.86. The predicted molar refractivity (Wildman–Crippen MR) is 89.5 cm³/mol. The number of aliphatic hydroxyl groups excluding tert-OH is 1. The molecular weight excluding hydrogens is 312 g/mol. The summed E-state index contributed by atoms with van der Waals surface area (Å²) in [5.41, 5.74) is 0.813. The van der Waals surface area contributed by atoms with E-state index in [2.05, 4.69) is 27.1 Å². The number of aromatic nitrogens is 2. The number of carbonyl (C=O) groups is 1. The van der Waals surface area contributed by atoms with Crippen LogP contribution in [0.25, 0.3) is 0 Å². The van der Waals surface area contributed by atoms with Gasteiger partial charge in [0.25, 0.3) is 5.91 Å². The minimum Gasteiger partial charge on any atom is -0.393 e. The largest absolute Gasteiger partial charge is 0.393 e. The first-order valence-corrected chi connectivity index (χ1v) is 9.47. The number of hydrogen-bond acceptors (Lipinski definition) is 6. The number of aliphatic hydroxyl groups is 1. The summed E-state index contributed by atoms with van der Waals surface area (Å²) in [5.74, 6) is 0.856. The van der Waals surface area contributed by atoms with Crippen molar-refractivity contribution in [3.8, 4) is 0 Å². The van der Waals surface area contributed by atoms with Gasteiger partial charge in [0.2, 0.25) is 0 Å². The van der Waals surface area contributed by atoms with Crippen molar-refractivity contribution in [2.75, 3.05) is 13.1 Å². The Morgan fingerprint density at radius 1 is 1.39 bits per heavy atom. The van der Waals surface area contributed by atoms with E-state index in [0.29, 0.717) is 16.7 Å². The summed E-state index contributed by atoms with van der Waals surface area (Å²) >= 11 is 1.19. The predicted octanol–water partition coefficient (Wildman–Crippen LogP) is 1.36. The Hall–Kier alpha value is -1.05. The number of nitrogens with zero attached hydrogens (tertiary/aromatic N) is 2. The van der Waals surface area contributed by atoms with E-state index in [1.807, 2.05) is 0 Å². The van der Waals surface area contributed by atoms with Crippen LogP contribution in [-0.2, 0) is 6.42 Å². The Morgan fingerprint density at radius 2 is 2.13 bits per heavy atom. The zero-order valence-corrected chi connectivity index (χ0v) is 14.4. The Balaban J connectivity index is 1.69. The molecule has 1 aliphatic heterocycles. The second-order valence-electron chi connectivity index (χ2n) is 6.77. The van der Waals surface area contributed by atoms with E-state index in [1.165, 1.54) is 11.5 Å². The molecule has 0 aromatic carbocycles. The third-order valence-electron chi connectivity index (χ3n) is 5.10. The normalized spacial score (nSPS) is 26.5. The molecule has 6 nitrogen and oxygen atoms in total. The molecule has 0 radical (unpaired) electrons. The van der Waals surface area contributed by atoms with Crippen LogP contribution in [0.15, 0.2) is 0 Å². The van der Waals surface area contributed by atoms with Gasteiger partial charge >= 0.3 is 0 Å². The smallest absolute Gasteiger partial charge is 0.265 e. The van der Waals surface area contributed by atoms with Gasteiger partial charge in [-0.2, -0.15) is 0 Å². The fourth-order valence-corrected chi connectivity index (χ4v) is 4.36. The van der Waals surface area contributed by atoms with Crippen molar-refractivity contribution >= 4 is 17.4 Å². The summed E-state index contributed by atoms with van der Waals surface area (Å²) in [7, 11) is 0. The molecule has 3 rings (SSSR count). The summed E-state index contributed by atoms with van der Waals surface area (Å²) in [4.78, 5) is 13.4. The Morgan fingerprint density at radius 3 is 2.78 bits per heavy atom. The second kappa shape index (κ2) is 7.68. The van der Waals surface area contributed by atoms with Crippen LogP contribution < -0.4 is 10.6 Å². The molecule has 0 bridgehead atoms. The number of hydrogen-bond donors (Lipinski definition) is 3. The molecule has 2 fully saturated rings. The molecule has 1 atom stereocenters. The number of amides is 1. The number of nitrogens with one attached hydrogen (secondary N) is 2. The van der Waals surface area contributed by atoms with Gasteiger partial charge in [0, 0.05) is 6.04 Å². The molecule has 23 heavy (non-hydrogen) atoms. The summed E-state index contributed by atoms with van der Waals surface area (Å²) in [6.07, 6.45) is 5.33. The molecular formula is C16H26N4O2S. The average Bonchev–Trinajstić information content (AvgIpc) is 2.99. The molecule has 1 aliphatic carbocycles. The lowest BCUT2D eigenvalue weighted by molar-refractivity contribution is 0.00922. The minimum atomic E-state index is -0.193. The Kier molecular flexibility index (Phi) is 5.61. The molecule has 1 amide bonds. The summed E-state index contributed by atoms with van der Waals surface area (Å²) in [6, 6.07) is 0.157. The molecule has 1 saturated heterocycles. The minimum absolute atomic E-state index is 0.0339. The maximum absolute atomic E-state index is 12.7. The van der Waals surface area contributed by atoms with Crippen molar-refractivity contribution in [2.45, 2.75) is 57.6 Å². The van der Waals surface area contributed by atoms with Gasteiger partial charge in [-0.05, 0) is 68.6 Å². The summed E-state index contributed by atoms with van der Waals surface area (Å²) in [5, 5.41) is 20.4. The maximum Gasteiger partial charge on any atom is 0.265 e. The number of carbonyl (C=O) groups excluding carboxylic acids is 1. The number of aryl methyl sites for hydroxylation is 1. The van der Waals surface area contributed by atoms with Crippen LogP contribution >= 0.6 is 11.5 Å². The van der Waals surface area contributed by atoms with Crippen LogP contribution in [0.1, 0.15) is 54.4 Å². The maximum atomic E-state index is 12.7. The highest BCUT2D eigenvalue weighted by Crippen LogP contribution is 2.36. The highest BCUT2D eigenvalue weighted by atomic mass is 32.1. The molecule has 7 heteroatoms. The highest BCUT2D eigenvalue weighted by Gasteiger charge is 2.39. The van der Waals surface area contributed by atoms with E-state index in [4.69, 9.17) is 0 Å². The van der Waals surface area contributed by atoms with Gasteiger partial charge in [0.15, 0.2) is 0 Å². The van der Waals surface area contributed by atoms with Crippen molar-refractivity contribution in [2.24, 2.45) is 11.8 Å². The monoisotopic (exact) mass is 338 g/mol. The first kappa shape index (κ1) is 16.8. The Bertz CT molecular complexity index is 524. The van der Waals surface area contributed by atoms with E-state index in [0.717, 1.165) is 57.3 Å². The topological polar surface area (TPSA) is 87.1 Å². The van der Waals surface area contributed by atoms with Gasteiger partial charge in [-0.25, -0.2) is 0 Å². The van der Waals surface area contributed by atoms with Crippen molar-refractivity contribution in [3.63, 3.8) is 0 Å². The molecule has 128 valence electrons. The van der Waals surface area contributed by atoms with Gasteiger partial charge in [0.1, 0.15) is 4.88 Å². The van der Waals surface area contributed by atoms with Crippen molar-refractivity contribution in [1.82, 2.24) is 20.2 Å². The zero-order valence-electron chi connectivity index (χ0n) is 13.6. The van der Waals surface area contributed by atoms with Crippen LogP contribution in [-0.4, -0.2) is 45.8 Å². The highest BCUT2D eigenvalue weighted by molar-refractivity contribution is 7.08. The molecule has 1 aromatic heterocycles. The van der Waals surface area contributed by atoms with Gasteiger partial charge in [0.05, 0.1) is 11.8 Å². The van der Waals surface area contributed by atoms with Crippen LogP contribution in [0.3, 0.4) is 0 Å². The lowest BCUT2D eigenvalue weighted by atomic mass is 9.71. The lowest BCUT2D eigenvalue weighted by Crippen LogP contribution is -2.52. The molecule has 2 aliphatic rings. The molecule has 1 aromatic rings. The lowest BCUT2D eigenvalue weighted by Gasteiger charge is -2.43. The first-order valence-electron chi connectivity index (χ1n) is 8.70. The Labute approximate surface area is 141 Å². The average molecular weight is 338 g/mol. The molecule has 1 unspecified atom stereocenters. The van der Waals surface area contributed by atoms with E-state index in [-0.39, 0.29) is 18.1 Å². The number of piperidine rings is 1. The summed E-state index contributed by atoms with van der Waals surface area (Å²) in [6.45, 7) is 4.10. The van der Waals surface area contributed by atoms with Gasteiger partial charge in [-0.15, -0.1) is 5.10 Å². The molecule has 3 N–H and O–H groups in total. The van der Waals surface area contributed by atoms with E-state index in [9.17, 15) is 9.90 Å². The molecule has 0 spiro atoms. The number of rotatable bonds is 6. The van der Waals surface area contributed by atoms with E-state index < -0.39 is 0 Å². The molecule has 1 saturated carbocycles. The fraction of sp³-hybridized carbons (Fsp3) is 0.812. The quantitative estimate of drug-likeness (QED) is 0.729. The van der Waals surface area contributed by atoms with Crippen molar-refractivity contribution < 1.29 is 9.90 Å². The SMILES string of the molecule is CCCc1nnsc1C(=O)NC(C1CCNCC1)C1CC(O)C1. The van der Waals surface area contributed by atoms with Crippen molar-refractivity contribution in [1.29, 1.82) is 0 Å². The zero-order chi connectivity index (χ0) is 16.2. The van der Waals surface area contributed by atoms with E-state index >= 15 is 0 Å².